The molecule has 0 atom stereocenters. The molecule has 0 bridgehead atoms. The Morgan fingerprint density at radius 1 is 1.14 bits per heavy atom. The van der Waals surface area contributed by atoms with E-state index in [0.717, 1.165) is 48.8 Å². The first-order valence-electron chi connectivity index (χ1n) is 10.5. The van der Waals surface area contributed by atoms with Gasteiger partial charge in [0.2, 0.25) is 0 Å². The zero-order chi connectivity index (χ0) is 19.6. The molecule has 2 aromatic rings. The van der Waals surface area contributed by atoms with E-state index in [2.05, 4.69) is 16.9 Å². The number of unbranched alkanes of at least 4 members (excludes halogenated alkanes) is 2. The third-order valence-electron chi connectivity index (χ3n) is 5.00. The highest BCUT2D eigenvalue weighted by atomic mass is 16.5. The van der Waals surface area contributed by atoms with Gasteiger partial charge < -0.3 is 9.47 Å². The van der Waals surface area contributed by atoms with Crippen LogP contribution in [-0.2, 0) is 0 Å². The number of rotatable bonds is 8. The van der Waals surface area contributed by atoms with E-state index >= 15 is 0 Å². The molecule has 0 amide bonds. The fourth-order valence-electron chi connectivity index (χ4n) is 3.44. The van der Waals surface area contributed by atoms with Crippen LogP contribution in [0.25, 0.3) is 0 Å². The molecule has 0 radical (unpaired) electrons. The van der Waals surface area contributed by atoms with E-state index in [9.17, 15) is 0 Å². The lowest BCUT2D eigenvalue weighted by Crippen LogP contribution is -2.24. The second kappa shape index (κ2) is 10.7. The molecule has 0 unspecified atom stereocenters. The Balaban J connectivity index is 1.97. The predicted octanol–water partition coefficient (Wildman–Crippen LogP) is 4.55. The zero-order valence-corrected chi connectivity index (χ0v) is 17.1. The predicted molar refractivity (Wildman–Crippen MR) is 112 cm³/mol. The Bertz CT molecular complexity index is 735. The maximum absolute atomic E-state index is 6.20. The Morgan fingerprint density at radius 2 is 1.96 bits per heavy atom. The number of hydrogen-bond acceptors (Lipinski definition) is 5. The van der Waals surface area contributed by atoms with Gasteiger partial charge in [-0.15, -0.1) is 0 Å². The molecule has 6 heteroatoms. The summed E-state index contributed by atoms with van der Waals surface area (Å²) in [6.45, 7) is 4.82. The van der Waals surface area contributed by atoms with Crippen LogP contribution in [0.4, 0.5) is 0 Å². The first-order chi connectivity index (χ1) is 13.8. The molecule has 1 aliphatic rings. The minimum Gasteiger partial charge on any atom is -0.493 e. The van der Waals surface area contributed by atoms with Gasteiger partial charge in [-0.2, -0.15) is 5.10 Å². The van der Waals surface area contributed by atoms with Gasteiger partial charge in [-0.25, -0.2) is 4.98 Å². The summed E-state index contributed by atoms with van der Waals surface area (Å²) >= 11 is 0. The molecule has 0 saturated carbocycles. The molecule has 152 valence electrons. The fraction of sp³-hybridized carbons (Fsp3) is 0.545. The Labute approximate surface area is 168 Å². The van der Waals surface area contributed by atoms with Gasteiger partial charge in [0.15, 0.2) is 17.3 Å². The van der Waals surface area contributed by atoms with Crippen molar-refractivity contribution in [3.8, 4) is 11.5 Å². The standard InChI is InChI=1S/C22H32N4O2/c1-3-4-9-17-28-21-19(11-10-12-20(21)27-2)22(25-16-13-23-18-25)24-26-14-7-5-6-8-15-26/h10-13,16,18H,3-9,14-15,17H2,1-2H3. The summed E-state index contributed by atoms with van der Waals surface area (Å²) in [5.41, 5.74) is 0.929. The molecule has 1 aliphatic heterocycles. The third-order valence-corrected chi connectivity index (χ3v) is 5.00. The van der Waals surface area contributed by atoms with Crippen molar-refractivity contribution in [3.63, 3.8) is 0 Å². The first-order valence-corrected chi connectivity index (χ1v) is 10.5. The van der Waals surface area contributed by atoms with Crippen LogP contribution in [0.15, 0.2) is 42.0 Å². The number of para-hydroxylation sites is 1. The second-order valence-corrected chi connectivity index (χ2v) is 7.15. The molecule has 1 aromatic carbocycles. The molecule has 1 saturated heterocycles. The highest BCUT2D eigenvalue weighted by Crippen LogP contribution is 2.32. The van der Waals surface area contributed by atoms with E-state index in [1.54, 1.807) is 19.6 Å². The van der Waals surface area contributed by atoms with Crippen molar-refractivity contribution >= 4 is 5.84 Å². The van der Waals surface area contributed by atoms with Gasteiger partial charge in [0.25, 0.3) is 0 Å². The number of aromatic nitrogens is 2. The Hall–Kier alpha value is -2.50. The lowest BCUT2D eigenvalue weighted by atomic mass is 10.1. The van der Waals surface area contributed by atoms with Gasteiger partial charge in [-0.1, -0.05) is 38.7 Å². The van der Waals surface area contributed by atoms with E-state index in [-0.39, 0.29) is 0 Å². The summed E-state index contributed by atoms with van der Waals surface area (Å²) in [7, 11) is 1.68. The van der Waals surface area contributed by atoms with Crippen molar-refractivity contribution in [3.05, 3.63) is 42.5 Å². The van der Waals surface area contributed by atoms with Gasteiger partial charge in [-0.3, -0.25) is 9.58 Å². The number of ether oxygens (including phenoxy) is 2. The number of hydrazone groups is 1. The van der Waals surface area contributed by atoms with Crippen molar-refractivity contribution in [1.82, 2.24) is 14.6 Å². The maximum Gasteiger partial charge on any atom is 0.172 e. The average molecular weight is 385 g/mol. The second-order valence-electron chi connectivity index (χ2n) is 7.15. The van der Waals surface area contributed by atoms with Gasteiger partial charge in [0.1, 0.15) is 6.33 Å². The summed E-state index contributed by atoms with van der Waals surface area (Å²) in [5.74, 6) is 2.31. The van der Waals surface area contributed by atoms with E-state index in [4.69, 9.17) is 14.6 Å². The highest BCUT2D eigenvalue weighted by Gasteiger charge is 2.19. The summed E-state index contributed by atoms with van der Waals surface area (Å²) in [5, 5.41) is 7.21. The molecule has 1 aromatic heterocycles. The summed E-state index contributed by atoms with van der Waals surface area (Å²) in [4.78, 5) is 4.23. The van der Waals surface area contributed by atoms with Gasteiger partial charge in [0.05, 0.1) is 19.3 Å². The number of hydrogen-bond donors (Lipinski definition) is 0. The van der Waals surface area contributed by atoms with Crippen molar-refractivity contribution in [2.24, 2.45) is 5.10 Å². The monoisotopic (exact) mass is 384 g/mol. The molecule has 1 fully saturated rings. The largest absolute Gasteiger partial charge is 0.493 e. The molecule has 0 aliphatic carbocycles. The van der Waals surface area contributed by atoms with Crippen LogP contribution in [-0.4, -0.2) is 47.2 Å². The van der Waals surface area contributed by atoms with E-state index in [1.807, 2.05) is 29.0 Å². The Morgan fingerprint density at radius 3 is 2.64 bits per heavy atom. The van der Waals surface area contributed by atoms with Crippen LogP contribution >= 0.6 is 0 Å². The zero-order valence-electron chi connectivity index (χ0n) is 17.1. The quantitative estimate of drug-likeness (QED) is 0.381. The van der Waals surface area contributed by atoms with E-state index < -0.39 is 0 Å². The fourth-order valence-corrected chi connectivity index (χ4v) is 3.44. The normalized spacial score (nSPS) is 15.4. The number of methoxy groups -OCH3 is 1. The molecule has 2 heterocycles. The van der Waals surface area contributed by atoms with Crippen LogP contribution in [0.1, 0.15) is 57.4 Å². The van der Waals surface area contributed by atoms with Crippen molar-refractivity contribution in [2.45, 2.75) is 51.9 Å². The lowest BCUT2D eigenvalue weighted by Gasteiger charge is -2.21. The topological polar surface area (TPSA) is 51.9 Å². The van der Waals surface area contributed by atoms with Crippen molar-refractivity contribution in [2.75, 3.05) is 26.8 Å². The van der Waals surface area contributed by atoms with Crippen molar-refractivity contribution in [1.29, 1.82) is 0 Å². The minimum atomic E-state index is 0.669. The molecule has 28 heavy (non-hydrogen) atoms. The minimum absolute atomic E-state index is 0.669. The first kappa shape index (κ1) is 20.2. The number of nitrogens with zero attached hydrogens (tertiary/aromatic N) is 4. The molecule has 3 rings (SSSR count). The van der Waals surface area contributed by atoms with Gasteiger partial charge in [-0.05, 0) is 31.4 Å². The molecule has 0 spiro atoms. The number of benzene rings is 1. The molecule has 0 N–H and O–H groups in total. The van der Waals surface area contributed by atoms with Gasteiger partial charge in [0, 0.05) is 25.5 Å². The van der Waals surface area contributed by atoms with Crippen LogP contribution in [0.2, 0.25) is 0 Å². The molecule has 6 nitrogen and oxygen atoms in total. The average Bonchev–Trinajstić information content (AvgIpc) is 3.13. The van der Waals surface area contributed by atoms with Crippen LogP contribution in [0, 0.1) is 0 Å². The smallest absolute Gasteiger partial charge is 0.172 e. The van der Waals surface area contributed by atoms with Crippen molar-refractivity contribution < 1.29 is 9.47 Å². The van der Waals surface area contributed by atoms with Crippen LogP contribution < -0.4 is 9.47 Å². The molecular formula is C22H32N4O2. The van der Waals surface area contributed by atoms with Gasteiger partial charge >= 0.3 is 0 Å². The SMILES string of the molecule is CCCCCOc1c(OC)cccc1C(=NN1CCCCCC1)n1ccnc1. The summed E-state index contributed by atoms with van der Waals surface area (Å²) in [6.07, 6.45) is 13.7. The van der Waals surface area contributed by atoms with Crippen LogP contribution in [0.5, 0.6) is 11.5 Å². The van der Waals surface area contributed by atoms with E-state index in [0.29, 0.717) is 6.61 Å². The number of imidazole rings is 1. The van der Waals surface area contributed by atoms with E-state index in [1.165, 1.54) is 32.1 Å². The maximum atomic E-state index is 6.20. The highest BCUT2D eigenvalue weighted by molar-refractivity contribution is 6.03. The molecular weight excluding hydrogens is 352 g/mol. The summed E-state index contributed by atoms with van der Waals surface area (Å²) < 4.78 is 13.8. The van der Waals surface area contributed by atoms with Crippen LogP contribution in [0.3, 0.4) is 0 Å². The Kier molecular flexibility index (Phi) is 7.76. The summed E-state index contributed by atoms with van der Waals surface area (Å²) in [6, 6.07) is 5.98. The third kappa shape index (κ3) is 5.27. The lowest BCUT2D eigenvalue weighted by molar-refractivity contribution is 0.284.